The van der Waals surface area contributed by atoms with E-state index in [1.54, 1.807) is 12.1 Å². The van der Waals surface area contributed by atoms with E-state index in [-0.39, 0.29) is 12.3 Å². The van der Waals surface area contributed by atoms with E-state index < -0.39 is 0 Å². The Morgan fingerprint density at radius 3 is 2.77 bits per heavy atom. The lowest BCUT2D eigenvalue weighted by Crippen LogP contribution is -2.15. The molecule has 1 amide bonds. The number of aromatic nitrogens is 1. The van der Waals surface area contributed by atoms with Crippen LogP contribution >= 0.6 is 38.9 Å². The number of benzene rings is 2. The van der Waals surface area contributed by atoms with Gasteiger partial charge in [-0.1, -0.05) is 17.7 Å². The second-order valence-electron chi connectivity index (χ2n) is 5.68. The van der Waals surface area contributed by atoms with Crippen molar-refractivity contribution in [2.45, 2.75) is 20.0 Å². The van der Waals surface area contributed by atoms with E-state index in [0.29, 0.717) is 11.6 Å². The molecule has 0 unspecified atom stereocenters. The molecule has 3 aromatic rings. The van der Waals surface area contributed by atoms with Gasteiger partial charge in [0.25, 0.3) is 0 Å². The first-order valence-electron chi connectivity index (χ1n) is 7.87. The fourth-order valence-corrected chi connectivity index (χ4v) is 3.68. The number of nitrogens with zero attached hydrogens (tertiary/aromatic N) is 1. The van der Waals surface area contributed by atoms with Gasteiger partial charge in [0.2, 0.25) is 5.91 Å². The van der Waals surface area contributed by atoms with Gasteiger partial charge in [-0.3, -0.25) is 4.79 Å². The SMILES string of the molecule is Cc1ccc(NC(=O)Cc2csc(COc3ccc(Cl)cc3)n2)c(Br)c1. The van der Waals surface area contributed by atoms with Crippen molar-refractivity contribution in [2.24, 2.45) is 0 Å². The Hall–Kier alpha value is -1.89. The molecule has 0 aliphatic carbocycles. The average Bonchev–Trinajstić information content (AvgIpc) is 3.04. The van der Waals surface area contributed by atoms with Crippen LogP contribution in [0.15, 0.2) is 52.3 Å². The number of hydrogen-bond acceptors (Lipinski definition) is 4. The molecule has 0 radical (unpaired) electrons. The van der Waals surface area contributed by atoms with Crippen molar-refractivity contribution in [1.29, 1.82) is 0 Å². The smallest absolute Gasteiger partial charge is 0.230 e. The quantitative estimate of drug-likeness (QED) is 0.528. The van der Waals surface area contributed by atoms with Crippen LogP contribution in [0.25, 0.3) is 0 Å². The van der Waals surface area contributed by atoms with Crippen LogP contribution in [0.3, 0.4) is 0 Å². The maximum absolute atomic E-state index is 12.2. The predicted molar refractivity (Wildman–Crippen MR) is 109 cm³/mol. The van der Waals surface area contributed by atoms with Crippen molar-refractivity contribution in [1.82, 2.24) is 4.98 Å². The number of thiazole rings is 1. The molecule has 1 heterocycles. The van der Waals surface area contributed by atoms with Crippen LogP contribution in [0.2, 0.25) is 5.02 Å². The van der Waals surface area contributed by atoms with Gasteiger partial charge in [-0.05, 0) is 64.8 Å². The Balaban J connectivity index is 1.54. The molecule has 0 spiro atoms. The molecule has 0 aliphatic rings. The van der Waals surface area contributed by atoms with Crippen LogP contribution in [-0.2, 0) is 17.8 Å². The monoisotopic (exact) mass is 450 g/mol. The highest BCUT2D eigenvalue weighted by atomic mass is 79.9. The molecule has 1 aromatic heterocycles. The van der Waals surface area contributed by atoms with Gasteiger partial charge in [-0.15, -0.1) is 11.3 Å². The van der Waals surface area contributed by atoms with E-state index in [0.717, 1.165) is 32.2 Å². The lowest BCUT2D eigenvalue weighted by molar-refractivity contribution is -0.115. The molecule has 7 heteroatoms. The van der Waals surface area contributed by atoms with Crippen LogP contribution in [0.5, 0.6) is 5.75 Å². The van der Waals surface area contributed by atoms with Crippen LogP contribution in [-0.4, -0.2) is 10.9 Å². The van der Waals surface area contributed by atoms with Crippen molar-refractivity contribution in [3.63, 3.8) is 0 Å². The number of aryl methyl sites for hydroxylation is 1. The number of carbonyl (C=O) groups excluding carboxylic acids is 1. The zero-order valence-corrected chi connectivity index (χ0v) is 17.1. The van der Waals surface area contributed by atoms with Gasteiger partial charge in [0.1, 0.15) is 17.4 Å². The highest BCUT2D eigenvalue weighted by Crippen LogP contribution is 2.24. The fraction of sp³-hybridized carbons (Fsp3) is 0.158. The predicted octanol–water partition coefficient (Wildman–Crippen LogP) is 5.63. The summed E-state index contributed by atoms with van der Waals surface area (Å²) in [6.07, 6.45) is 0.220. The second-order valence-corrected chi connectivity index (χ2v) is 7.92. The molecule has 0 bridgehead atoms. The highest BCUT2D eigenvalue weighted by Gasteiger charge is 2.10. The minimum Gasteiger partial charge on any atom is -0.486 e. The summed E-state index contributed by atoms with van der Waals surface area (Å²) in [5, 5.41) is 6.26. The molecule has 134 valence electrons. The van der Waals surface area contributed by atoms with Crippen LogP contribution in [0.4, 0.5) is 5.69 Å². The molecule has 3 rings (SSSR count). The third-order valence-electron chi connectivity index (χ3n) is 3.52. The first-order valence-corrected chi connectivity index (χ1v) is 9.92. The Morgan fingerprint density at radius 2 is 2.04 bits per heavy atom. The van der Waals surface area contributed by atoms with Gasteiger partial charge >= 0.3 is 0 Å². The third kappa shape index (κ3) is 5.30. The summed E-state index contributed by atoms with van der Waals surface area (Å²) in [5.74, 6) is 0.623. The summed E-state index contributed by atoms with van der Waals surface area (Å²) in [6.45, 7) is 2.36. The molecular formula is C19H16BrClN2O2S. The minimum absolute atomic E-state index is 0.106. The normalized spacial score (nSPS) is 10.6. The van der Waals surface area contributed by atoms with E-state index >= 15 is 0 Å². The lowest BCUT2D eigenvalue weighted by Gasteiger charge is -2.07. The van der Waals surface area contributed by atoms with Crippen molar-refractivity contribution >= 4 is 50.5 Å². The average molecular weight is 452 g/mol. The van der Waals surface area contributed by atoms with E-state index in [2.05, 4.69) is 26.2 Å². The molecule has 0 atom stereocenters. The summed E-state index contributed by atoms with van der Waals surface area (Å²) in [5.41, 5.74) is 2.60. The van der Waals surface area contributed by atoms with E-state index in [1.165, 1.54) is 11.3 Å². The van der Waals surface area contributed by atoms with Gasteiger partial charge in [0.15, 0.2) is 0 Å². The topological polar surface area (TPSA) is 51.2 Å². The van der Waals surface area contributed by atoms with Gasteiger partial charge in [-0.2, -0.15) is 0 Å². The molecule has 1 N–H and O–H groups in total. The fourth-order valence-electron chi connectivity index (χ4n) is 2.25. The van der Waals surface area contributed by atoms with E-state index in [9.17, 15) is 4.79 Å². The van der Waals surface area contributed by atoms with Crippen molar-refractivity contribution in [2.75, 3.05) is 5.32 Å². The molecule has 0 saturated heterocycles. The van der Waals surface area contributed by atoms with Crippen molar-refractivity contribution < 1.29 is 9.53 Å². The standard InChI is InChI=1S/C19H16BrClN2O2S/c1-12-2-7-17(16(20)8-12)23-18(24)9-14-11-26-19(22-14)10-25-15-5-3-13(21)4-6-15/h2-8,11H,9-10H2,1H3,(H,23,24). The Morgan fingerprint density at radius 1 is 1.27 bits per heavy atom. The number of hydrogen-bond donors (Lipinski definition) is 1. The number of ether oxygens (including phenoxy) is 1. The number of nitrogens with one attached hydrogen (secondary N) is 1. The van der Waals surface area contributed by atoms with Gasteiger partial charge < -0.3 is 10.1 Å². The Bertz CT molecular complexity index is 912. The summed E-state index contributed by atoms with van der Waals surface area (Å²) in [7, 11) is 0. The summed E-state index contributed by atoms with van der Waals surface area (Å²) in [6, 6.07) is 13.0. The molecule has 2 aromatic carbocycles. The maximum Gasteiger partial charge on any atom is 0.230 e. The third-order valence-corrected chi connectivity index (χ3v) is 5.29. The number of carbonyl (C=O) groups is 1. The van der Waals surface area contributed by atoms with Crippen LogP contribution in [0, 0.1) is 6.92 Å². The Kier molecular flexibility index (Phi) is 6.29. The number of rotatable bonds is 6. The first kappa shape index (κ1) is 18.9. The Labute approximate surface area is 169 Å². The number of anilines is 1. The zero-order valence-electron chi connectivity index (χ0n) is 14.0. The number of halogens is 2. The largest absolute Gasteiger partial charge is 0.486 e. The van der Waals surface area contributed by atoms with E-state index in [4.69, 9.17) is 16.3 Å². The van der Waals surface area contributed by atoms with Crippen LogP contribution in [0.1, 0.15) is 16.3 Å². The number of amides is 1. The van der Waals surface area contributed by atoms with Gasteiger partial charge in [0, 0.05) is 14.9 Å². The molecule has 0 fully saturated rings. The molecular weight excluding hydrogens is 436 g/mol. The van der Waals surface area contributed by atoms with Crippen molar-refractivity contribution in [3.05, 3.63) is 73.6 Å². The van der Waals surface area contributed by atoms with E-state index in [1.807, 2.05) is 42.6 Å². The van der Waals surface area contributed by atoms with Crippen molar-refractivity contribution in [3.8, 4) is 5.75 Å². The van der Waals surface area contributed by atoms with Gasteiger partial charge in [0.05, 0.1) is 17.8 Å². The lowest BCUT2D eigenvalue weighted by atomic mass is 10.2. The second kappa shape index (κ2) is 8.66. The summed E-state index contributed by atoms with van der Waals surface area (Å²) in [4.78, 5) is 16.7. The summed E-state index contributed by atoms with van der Waals surface area (Å²) >= 11 is 10.8. The molecule has 4 nitrogen and oxygen atoms in total. The minimum atomic E-state index is -0.106. The van der Waals surface area contributed by atoms with Crippen LogP contribution < -0.4 is 10.1 Å². The molecule has 26 heavy (non-hydrogen) atoms. The zero-order chi connectivity index (χ0) is 18.5. The maximum atomic E-state index is 12.2. The van der Waals surface area contributed by atoms with Gasteiger partial charge in [-0.25, -0.2) is 4.98 Å². The highest BCUT2D eigenvalue weighted by molar-refractivity contribution is 9.10. The molecule has 0 saturated carbocycles. The molecule has 0 aliphatic heterocycles. The summed E-state index contributed by atoms with van der Waals surface area (Å²) < 4.78 is 6.53. The first-order chi connectivity index (χ1) is 12.5.